The van der Waals surface area contributed by atoms with Crippen LogP contribution >= 0.6 is 0 Å². The molecule has 1 aliphatic rings. The lowest BCUT2D eigenvalue weighted by molar-refractivity contribution is 0.202. The van der Waals surface area contributed by atoms with Gasteiger partial charge < -0.3 is 20.6 Å². The summed E-state index contributed by atoms with van der Waals surface area (Å²) in [4.78, 5) is 0. The first kappa shape index (κ1) is 58.9. The first-order valence-corrected chi connectivity index (χ1v) is 38.8. The number of hydrogen-bond acceptors (Lipinski definition) is 5. The van der Waals surface area contributed by atoms with Crippen molar-refractivity contribution in [2.75, 3.05) is 0 Å². The van der Waals surface area contributed by atoms with Crippen LogP contribution in [0.15, 0.2) is 0 Å². The molecule has 1 fully saturated rings. The zero-order valence-electron chi connectivity index (χ0n) is 42.8. The minimum absolute atomic E-state index is 1.13. The minimum atomic E-state index is -2.82. The molecule has 0 N–H and O–H groups in total. The molecule has 0 saturated carbocycles. The molecule has 0 bridgehead atoms. The van der Waals surface area contributed by atoms with Crippen molar-refractivity contribution < 1.29 is 20.6 Å². The Morgan fingerprint density at radius 3 is 0.350 bits per heavy atom. The van der Waals surface area contributed by atoms with Crippen LogP contribution < -0.4 is 0 Å². The Hall–Kier alpha value is 0.884. The Morgan fingerprint density at radius 1 is 0.167 bits per heavy atom. The van der Waals surface area contributed by atoms with E-state index in [0.717, 1.165) is 60.4 Å². The molecule has 360 valence electrons. The SMILES string of the molecule is CCCCC[Si]1(CCCCC)O[Si](CCCCC)(CCCCC)O[Si](CCCCC)(CCCCC)O[Si](CCCCC)(CCCCC)O[Si](CCCCC)(CCCCC)O1. The Kier molecular flexibility index (Phi) is 35.4. The van der Waals surface area contributed by atoms with E-state index in [2.05, 4.69) is 69.2 Å². The quantitative estimate of drug-likeness (QED) is 0.0453. The number of hydrogen-bond donors (Lipinski definition) is 0. The second kappa shape index (κ2) is 36.1. The topological polar surface area (TPSA) is 46.2 Å². The molecule has 1 heterocycles. The van der Waals surface area contributed by atoms with Gasteiger partial charge in [-0.3, -0.25) is 0 Å². The van der Waals surface area contributed by atoms with Gasteiger partial charge in [0.25, 0.3) is 0 Å². The van der Waals surface area contributed by atoms with Crippen molar-refractivity contribution in [3.63, 3.8) is 0 Å². The summed E-state index contributed by atoms with van der Waals surface area (Å²) in [5.74, 6) is 0. The van der Waals surface area contributed by atoms with Crippen molar-refractivity contribution in [1.29, 1.82) is 0 Å². The zero-order chi connectivity index (χ0) is 44.3. The first-order chi connectivity index (χ1) is 29.1. The third kappa shape index (κ3) is 23.9. The van der Waals surface area contributed by atoms with E-state index in [9.17, 15) is 0 Å². The largest absolute Gasteiger partial charge is 0.415 e. The average Bonchev–Trinajstić information content (AvgIpc) is 3.22. The van der Waals surface area contributed by atoms with Gasteiger partial charge in [0.2, 0.25) is 0 Å². The molecular weight excluding hydrogens is 821 g/mol. The second-order valence-corrected chi connectivity index (χ2v) is 37.8. The fourth-order valence-corrected chi connectivity index (χ4v) is 43.5. The first-order valence-electron chi connectivity index (χ1n) is 27.6. The molecule has 0 aromatic rings. The summed E-state index contributed by atoms with van der Waals surface area (Å²) >= 11 is 0. The molecule has 0 aliphatic carbocycles. The summed E-state index contributed by atoms with van der Waals surface area (Å²) in [5.41, 5.74) is 0. The van der Waals surface area contributed by atoms with Crippen molar-refractivity contribution in [3.05, 3.63) is 0 Å². The van der Waals surface area contributed by atoms with Crippen molar-refractivity contribution in [2.45, 2.75) is 322 Å². The van der Waals surface area contributed by atoms with Gasteiger partial charge in [0, 0.05) is 0 Å². The van der Waals surface area contributed by atoms with Crippen LogP contribution in [0.1, 0.15) is 262 Å². The normalized spacial score (nSPS) is 18.5. The van der Waals surface area contributed by atoms with Gasteiger partial charge in [0.1, 0.15) is 0 Å². The van der Waals surface area contributed by atoms with Crippen LogP contribution in [0.2, 0.25) is 60.4 Å². The van der Waals surface area contributed by atoms with Gasteiger partial charge >= 0.3 is 42.8 Å². The van der Waals surface area contributed by atoms with Gasteiger partial charge in [-0.1, -0.05) is 262 Å². The van der Waals surface area contributed by atoms with E-state index < -0.39 is 42.8 Å². The molecule has 10 heteroatoms. The molecule has 1 saturated heterocycles. The summed E-state index contributed by atoms with van der Waals surface area (Å²) in [5, 5.41) is 0. The molecule has 0 amide bonds. The van der Waals surface area contributed by atoms with E-state index in [-0.39, 0.29) is 0 Å². The highest BCUT2D eigenvalue weighted by Gasteiger charge is 2.61. The van der Waals surface area contributed by atoms with E-state index in [4.69, 9.17) is 20.6 Å². The highest BCUT2D eigenvalue weighted by atomic mass is 28.5. The zero-order valence-corrected chi connectivity index (χ0v) is 47.8. The Morgan fingerprint density at radius 2 is 0.267 bits per heavy atom. The van der Waals surface area contributed by atoms with Crippen molar-refractivity contribution in [1.82, 2.24) is 0 Å². The van der Waals surface area contributed by atoms with E-state index in [1.807, 2.05) is 0 Å². The molecule has 5 nitrogen and oxygen atoms in total. The van der Waals surface area contributed by atoms with E-state index in [1.54, 1.807) is 0 Å². The average molecular weight is 932 g/mol. The highest BCUT2D eigenvalue weighted by molar-refractivity contribution is 6.95. The fraction of sp³-hybridized carbons (Fsp3) is 1.00. The van der Waals surface area contributed by atoms with Gasteiger partial charge in [0.05, 0.1) is 0 Å². The lowest BCUT2D eigenvalue weighted by atomic mass is 10.3. The summed E-state index contributed by atoms with van der Waals surface area (Å²) in [6.45, 7) is 23.8. The Labute approximate surface area is 383 Å². The predicted octanol–water partition coefficient (Wildman–Crippen LogP) is 19.2. The smallest absolute Gasteiger partial charge is 0.320 e. The maximum Gasteiger partial charge on any atom is 0.320 e. The van der Waals surface area contributed by atoms with Crippen molar-refractivity contribution in [3.8, 4) is 0 Å². The molecule has 0 spiro atoms. The molecule has 0 aromatic heterocycles. The Bertz CT molecular complexity index is 729. The third-order valence-corrected chi connectivity index (χ3v) is 39.5. The van der Waals surface area contributed by atoms with E-state index >= 15 is 0 Å². The van der Waals surface area contributed by atoms with Crippen LogP contribution in [0.5, 0.6) is 0 Å². The highest BCUT2D eigenvalue weighted by Crippen LogP contribution is 2.47. The van der Waals surface area contributed by atoms with Crippen LogP contribution in [0.4, 0.5) is 0 Å². The minimum Gasteiger partial charge on any atom is -0.415 e. The maximum absolute atomic E-state index is 8.55. The number of rotatable bonds is 40. The maximum atomic E-state index is 8.55. The summed E-state index contributed by atoms with van der Waals surface area (Å²) in [6, 6.07) is 11.3. The second-order valence-electron chi connectivity index (χ2n) is 19.6. The van der Waals surface area contributed by atoms with Gasteiger partial charge in [-0.05, 0) is 60.4 Å². The molecule has 0 aromatic carbocycles. The van der Waals surface area contributed by atoms with Crippen molar-refractivity contribution >= 4 is 42.8 Å². The lowest BCUT2D eigenvalue weighted by Crippen LogP contribution is -2.70. The van der Waals surface area contributed by atoms with Gasteiger partial charge in [0.15, 0.2) is 0 Å². The molecule has 60 heavy (non-hydrogen) atoms. The van der Waals surface area contributed by atoms with Gasteiger partial charge in [-0.2, -0.15) is 0 Å². The van der Waals surface area contributed by atoms with Crippen LogP contribution in [0.3, 0.4) is 0 Å². The van der Waals surface area contributed by atoms with Crippen molar-refractivity contribution in [2.24, 2.45) is 0 Å². The molecule has 0 radical (unpaired) electrons. The lowest BCUT2D eigenvalue weighted by Gasteiger charge is -2.54. The van der Waals surface area contributed by atoms with Crippen LogP contribution in [0.25, 0.3) is 0 Å². The molecule has 1 aliphatic heterocycles. The Balaban J connectivity index is 4.65. The fourth-order valence-electron chi connectivity index (χ4n) is 9.89. The molecule has 1 rings (SSSR count). The van der Waals surface area contributed by atoms with E-state index in [0.29, 0.717) is 0 Å². The molecular formula is C50H110O5Si5. The van der Waals surface area contributed by atoms with Gasteiger partial charge in [-0.15, -0.1) is 0 Å². The van der Waals surface area contributed by atoms with Crippen LogP contribution in [-0.2, 0) is 20.6 Å². The third-order valence-electron chi connectivity index (χ3n) is 13.5. The predicted molar refractivity (Wildman–Crippen MR) is 278 cm³/mol. The summed E-state index contributed by atoms with van der Waals surface area (Å²) < 4.78 is 42.7. The monoisotopic (exact) mass is 931 g/mol. The summed E-state index contributed by atoms with van der Waals surface area (Å²) in [6.07, 6.45) is 37.2. The number of unbranched alkanes of at least 4 members (excludes halogenated alkanes) is 20. The molecule has 0 unspecified atom stereocenters. The van der Waals surface area contributed by atoms with E-state index in [1.165, 1.54) is 193 Å². The molecule has 0 atom stereocenters. The van der Waals surface area contributed by atoms with Crippen LogP contribution in [-0.4, -0.2) is 42.8 Å². The van der Waals surface area contributed by atoms with Gasteiger partial charge in [-0.25, -0.2) is 0 Å². The standard InChI is InChI=1S/C50H110O5Si5/c1-11-21-31-41-56(42-32-22-12-2)51-57(43-33-23-13-3,44-34-24-14-4)53-59(47-37-27-17-7,48-38-28-18-8)55-60(49-39-29-19-9,50-40-30-20-10)54-58(52-56,45-35-25-15-5)46-36-26-16-6/h11-50H2,1-10H3. The summed E-state index contributed by atoms with van der Waals surface area (Å²) in [7, 11) is -14.1. The van der Waals surface area contributed by atoms with Crippen LogP contribution in [0, 0.1) is 0 Å².